The van der Waals surface area contributed by atoms with Crippen molar-refractivity contribution in [3.05, 3.63) is 46.1 Å². The number of hydrogen-bond donors (Lipinski definition) is 1. The fraction of sp³-hybridized carbons (Fsp3) is 0.333. The molecule has 0 fully saturated rings. The highest BCUT2D eigenvalue weighted by molar-refractivity contribution is 8.01. The molecule has 1 amide bonds. The molecule has 1 aromatic carbocycles. The zero-order valence-electron chi connectivity index (χ0n) is 12.1. The van der Waals surface area contributed by atoms with Crippen LogP contribution < -0.4 is 5.32 Å². The second kappa shape index (κ2) is 5.07. The molecule has 2 heterocycles. The molecule has 0 saturated heterocycles. The molecular formula is C15H16ClN3OS. The van der Waals surface area contributed by atoms with E-state index in [1.165, 1.54) is 0 Å². The van der Waals surface area contributed by atoms with Crippen molar-refractivity contribution < 1.29 is 4.79 Å². The van der Waals surface area contributed by atoms with Crippen LogP contribution in [0.1, 0.15) is 23.7 Å². The van der Waals surface area contributed by atoms with Gasteiger partial charge in [-0.2, -0.15) is 5.10 Å². The Morgan fingerprint density at radius 3 is 2.71 bits per heavy atom. The summed E-state index contributed by atoms with van der Waals surface area (Å²) < 4.78 is 1.40. The second-order valence-corrected chi connectivity index (χ2v) is 7.14. The minimum absolute atomic E-state index is 0.00179. The first kappa shape index (κ1) is 14.5. The Kier molecular flexibility index (Phi) is 3.50. The molecule has 3 rings (SSSR count). The van der Waals surface area contributed by atoms with E-state index < -0.39 is 0 Å². The number of halogens is 1. The van der Waals surface area contributed by atoms with Gasteiger partial charge in [0.25, 0.3) is 0 Å². The quantitative estimate of drug-likeness (QED) is 0.876. The second-order valence-electron chi connectivity index (χ2n) is 5.31. The number of nitrogens with zero attached hydrogens (tertiary/aromatic N) is 2. The standard InChI is InChI=1S/C15H16ClN3OS/c1-9-13-14(19(3)18-9)17-12(20)8-21-15(13,2)10-4-6-11(16)7-5-10/h4-7H,8H2,1-3H3,(H,17,20). The van der Waals surface area contributed by atoms with Crippen LogP contribution in [0.3, 0.4) is 0 Å². The summed E-state index contributed by atoms with van der Waals surface area (Å²) in [6, 6.07) is 7.80. The van der Waals surface area contributed by atoms with E-state index in [9.17, 15) is 4.79 Å². The number of benzene rings is 1. The summed E-state index contributed by atoms with van der Waals surface area (Å²) in [5.74, 6) is 1.19. The van der Waals surface area contributed by atoms with E-state index in [0.717, 1.165) is 22.6 Å². The number of hydrogen-bond acceptors (Lipinski definition) is 3. The van der Waals surface area contributed by atoms with Crippen LogP contribution in [0, 0.1) is 6.92 Å². The van der Waals surface area contributed by atoms with Crippen molar-refractivity contribution in [1.82, 2.24) is 9.78 Å². The lowest BCUT2D eigenvalue weighted by Crippen LogP contribution is -2.20. The molecule has 0 bridgehead atoms. The Balaban J connectivity index is 2.22. The lowest BCUT2D eigenvalue weighted by Gasteiger charge is -2.28. The molecule has 1 aliphatic heterocycles. The molecule has 110 valence electrons. The first-order valence-electron chi connectivity index (χ1n) is 6.66. The van der Waals surface area contributed by atoms with Crippen molar-refractivity contribution in [3.63, 3.8) is 0 Å². The number of fused-ring (bicyclic) bond motifs is 1. The third kappa shape index (κ3) is 2.34. The number of nitrogens with one attached hydrogen (secondary N) is 1. The van der Waals surface area contributed by atoms with Crippen molar-refractivity contribution in [3.8, 4) is 0 Å². The van der Waals surface area contributed by atoms with Crippen LogP contribution in [0.15, 0.2) is 24.3 Å². The van der Waals surface area contributed by atoms with Crippen molar-refractivity contribution >= 4 is 35.1 Å². The molecule has 1 N–H and O–H groups in total. The van der Waals surface area contributed by atoms with Gasteiger partial charge in [-0.05, 0) is 31.5 Å². The number of aryl methyl sites for hydroxylation is 2. The van der Waals surface area contributed by atoms with Crippen molar-refractivity contribution in [2.24, 2.45) is 7.05 Å². The first-order chi connectivity index (χ1) is 9.91. The SMILES string of the molecule is Cc1nn(C)c2c1C(C)(c1ccc(Cl)cc1)SCC(=O)N2. The van der Waals surface area contributed by atoms with Crippen molar-refractivity contribution in [2.75, 3.05) is 11.1 Å². The van der Waals surface area contributed by atoms with Crippen LogP contribution in [0.25, 0.3) is 0 Å². The molecule has 1 unspecified atom stereocenters. The van der Waals surface area contributed by atoms with Crippen molar-refractivity contribution in [1.29, 1.82) is 0 Å². The monoisotopic (exact) mass is 321 g/mol. The van der Waals surface area contributed by atoms with Gasteiger partial charge in [0.1, 0.15) is 5.82 Å². The van der Waals surface area contributed by atoms with Gasteiger partial charge in [0.2, 0.25) is 5.91 Å². The fourth-order valence-electron chi connectivity index (χ4n) is 2.82. The summed E-state index contributed by atoms with van der Waals surface area (Å²) in [5.41, 5.74) is 3.11. The molecule has 0 spiro atoms. The number of aromatic nitrogens is 2. The lowest BCUT2D eigenvalue weighted by atomic mass is 9.91. The molecule has 0 radical (unpaired) electrons. The highest BCUT2D eigenvalue weighted by Gasteiger charge is 2.39. The van der Waals surface area contributed by atoms with Crippen LogP contribution in [-0.2, 0) is 16.6 Å². The Hall–Kier alpha value is -1.46. The third-order valence-electron chi connectivity index (χ3n) is 3.84. The summed E-state index contributed by atoms with van der Waals surface area (Å²) >= 11 is 7.61. The Bertz CT molecular complexity index is 710. The van der Waals surface area contributed by atoms with Gasteiger partial charge in [-0.3, -0.25) is 9.48 Å². The normalized spacial score (nSPS) is 21.6. The van der Waals surface area contributed by atoms with E-state index >= 15 is 0 Å². The minimum Gasteiger partial charge on any atom is -0.310 e. The van der Waals surface area contributed by atoms with Gasteiger partial charge in [-0.25, -0.2) is 0 Å². The first-order valence-corrected chi connectivity index (χ1v) is 8.02. The molecule has 0 saturated carbocycles. The smallest absolute Gasteiger partial charge is 0.235 e. The maximum absolute atomic E-state index is 12.0. The molecule has 0 aliphatic carbocycles. The van der Waals surface area contributed by atoms with Gasteiger partial charge < -0.3 is 5.32 Å². The molecule has 2 aromatic rings. The van der Waals surface area contributed by atoms with Gasteiger partial charge in [-0.15, -0.1) is 11.8 Å². The molecular weight excluding hydrogens is 306 g/mol. The number of rotatable bonds is 1. The van der Waals surface area contributed by atoms with Gasteiger partial charge in [0.15, 0.2) is 0 Å². The Morgan fingerprint density at radius 1 is 1.38 bits per heavy atom. The van der Waals surface area contributed by atoms with Gasteiger partial charge in [0.05, 0.1) is 16.2 Å². The molecule has 4 nitrogen and oxygen atoms in total. The summed E-state index contributed by atoms with van der Waals surface area (Å²) in [6.07, 6.45) is 0. The largest absolute Gasteiger partial charge is 0.310 e. The molecule has 1 aromatic heterocycles. The van der Waals surface area contributed by atoms with Gasteiger partial charge in [0, 0.05) is 17.6 Å². The summed E-state index contributed by atoms with van der Waals surface area (Å²) in [6.45, 7) is 4.11. The third-order valence-corrected chi connectivity index (χ3v) is 5.52. The number of anilines is 1. The van der Waals surface area contributed by atoms with Crippen LogP contribution in [0.5, 0.6) is 0 Å². The number of carbonyl (C=O) groups is 1. The number of carbonyl (C=O) groups excluding carboxylic acids is 1. The van der Waals surface area contributed by atoms with E-state index in [1.807, 2.05) is 38.2 Å². The van der Waals surface area contributed by atoms with Gasteiger partial charge in [-0.1, -0.05) is 23.7 Å². The van der Waals surface area contributed by atoms with E-state index in [2.05, 4.69) is 17.3 Å². The highest BCUT2D eigenvalue weighted by atomic mass is 35.5. The molecule has 1 atom stereocenters. The zero-order chi connectivity index (χ0) is 15.2. The van der Waals surface area contributed by atoms with E-state index in [1.54, 1.807) is 16.4 Å². The predicted molar refractivity (Wildman–Crippen MR) is 86.9 cm³/mol. The van der Waals surface area contributed by atoms with E-state index in [0.29, 0.717) is 10.8 Å². The average Bonchev–Trinajstić information content (AvgIpc) is 2.63. The predicted octanol–water partition coefficient (Wildman–Crippen LogP) is 3.33. The van der Waals surface area contributed by atoms with Gasteiger partial charge >= 0.3 is 0 Å². The maximum Gasteiger partial charge on any atom is 0.235 e. The molecule has 21 heavy (non-hydrogen) atoms. The Labute approximate surface area is 132 Å². The fourth-order valence-corrected chi connectivity index (χ4v) is 4.13. The van der Waals surface area contributed by atoms with Crippen LogP contribution in [0.2, 0.25) is 5.02 Å². The molecule has 1 aliphatic rings. The highest BCUT2D eigenvalue weighted by Crippen LogP contribution is 2.48. The Morgan fingerprint density at radius 2 is 2.05 bits per heavy atom. The van der Waals surface area contributed by atoms with E-state index in [4.69, 9.17) is 11.6 Å². The lowest BCUT2D eigenvalue weighted by molar-refractivity contribution is -0.113. The maximum atomic E-state index is 12.0. The van der Waals surface area contributed by atoms with E-state index in [-0.39, 0.29) is 10.7 Å². The minimum atomic E-state index is -0.336. The summed E-state index contributed by atoms with van der Waals surface area (Å²) in [4.78, 5) is 12.0. The van der Waals surface area contributed by atoms with Crippen LogP contribution in [0.4, 0.5) is 5.82 Å². The van der Waals surface area contributed by atoms with Crippen molar-refractivity contribution in [2.45, 2.75) is 18.6 Å². The van der Waals surface area contributed by atoms with Crippen LogP contribution >= 0.6 is 23.4 Å². The topological polar surface area (TPSA) is 46.9 Å². The summed E-state index contributed by atoms with van der Waals surface area (Å²) in [5, 5.41) is 8.14. The van der Waals surface area contributed by atoms with Crippen LogP contribution in [-0.4, -0.2) is 21.4 Å². The summed E-state index contributed by atoms with van der Waals surface area (Å²) in [7, 11) is 1.85. The number of amides is 1. The average molecular weight is 322 g/mol. The number of thioether (sulfide) groups is 1. The zero-order valence-corrected chi connectivity index (χ0v) is 13.7. The molecule has 6 heteroatoms.